The van der Waals surface area contributed by atoms with Gasteiger partial charge < -0.3 is 5.11 Å². The van der Waals surface area contributed by atoms with Gasteiger partial charge in [-0.15, -0.1) is 0 Å². The average molecular weight is 315 g/mol. The fourth-order valence-corrected chi connectivity index (χ4v) is 3.00. The lowest BCUT2D eigenvalue weighted by Crippen LogP contribution is -2.38. The van der Waals surface area contributed by atoms with Crippen molar-refractivity contribution in [3.05, 3.63) is 35.4 Å². The zero-order valence-corrected chi connectivity index (χ0v) is 12.3. The Bertz CT molecular complexity index is 516. The van der Waals surface area contributed by atoms with E-state index in [4.69, 9.17) is 5.11 Å². The molecule has 0 amide bonds. The standard InChI is InChI=1S/C16H20F3NO2/c17-16(18,19)14-5-1-3-12(9-14)6-7-13-4-2-8-20(10-13)11-15(21)22/h1,3,5,9,13H,2,4,6-8,10-11H2,(H,21,22)/t13-/m0/s1. The number of hydrogen-bond acceptors (Lipinski definition) is 2. The van der Waals surface area contributed by atoms with Gasteiger partial charge >= 0.3 is 12.1 Å². The van der Waals surface area contributed by atoms with Gasteiger partial charge in [0.05, 0.1) is 12.1 Å². The van der Waals surface area contributed by atoms with E-state index in [0.717, 1.165) is 31.9 Å². The van der Waals surface area contributed by atoms with Gasteiger partial charge in [-0.05, 0) is 49.8 Å². The van der Waals surface area contributed by atoms with Crippen molar-refractivity contribution in [2.75, 3.05) is 19.6 Å². The molecule has 0 unspecified atom stereocenters. The van der Waals surface area contributed by atoms with Crippen molar-refractivity contribution >= 4 is 5.97 Å². The van der Waals surface area contributed by atoms with Crippen LogP contribution in [0.15, 0.2) is 24.3 Å². The summed E-state index contributed by atoms with van der Waals surface area (Å²) in [6.07, 6.45) is -0.971. The second-order valence-electron chi connectivity index (χ2n) is 5.87. The van der Waals surface area contributed by atoms with E-state index >= 15 is 0 Å². The average Bonchev–Trinajstić information content (AvgIpc) is 2.44. The van der Waals surface area contributed by atoms with E-state index in [1.807, 2.05) is 4.90 Å². The third-order valence-electron chi connectivity index (χ3n) is 4.06. The highest BCUT2D eigenvalue weighted by Crippen LogP contribution is 2.30. The van der Waals surface area contributed by atoms with Crippen LogP contribution in [-0.4, -0.2) is 35.6 Å². The number of carboxylic acids is 1. The van der Waals surface area contributed by atoms with Crippen molar-refractivity contribution in [3.8, 4) is 0 Å². The second kappa shape index (κ2) is 7.13. The Kier molecular flexibility index (Phi) is 5.45. The van der Waals surface area contributed by atoms with Crippen LogP contribution in [-0.2, 0) is 17.4 Å². The van der Waals surface area contributed by atoms with Gasteiger partial charge in [-0.3, -0.25) is 9.69 Å². The molecule has 1 aromatic rings. The van der Waals surface area contributed by atoms with Gasteiger partial charge in [0, 0.05) is 6.54 Å². The number of aliphatic carboxylic acids is 1. The monoisotopic (exact) mass is 315 g/mol. The highest BCUT2D eigenvalue weighted by Gasteiger charge is 2.30. The molecule has 22 heavy (non-hydrogen) atoms. The minimum atomic E-state index is -4.31. The molecule has 1 aromatic carbocycles. The topological polar surface area (TPSA) is 40.5 Å². The van der Waals surface area contributed by atoms with Gasteiger partial charge in [-0.2, -0.15) is 13.2 Å². The number of benzene rings is 1. The molecule has 1 N–H and O–H groups in total. The van der Waals surface area contributed by atoms with Crippen LogP contribution < -0.4 is 0 Å². The highest BCUT2D eigenvalue weighted by molar-refractivity contribution is 5.69. The summed E-state index contributed by atoms with van der Waals surface area (Å²) in [6.45, 7) is 1.54. The zero-order chi connectivity index (χ0) is 16.2. The molecule has 122 valence electrons. The zero-order valence-electron chi connectivity index (χ0n) is 12.3. The van der Waals surface area contributed by atoms with Crippen LogP contribution in [0.4, 0.5) is 13.2 Å². The molecule has 0 saturated carbocycles. The molecule has 1 atom stereocenters. The summed E-state index contributed by atoms with van der Waals surface area (Å²) in [4.78, 5) is 12.6. The Hall–Kier alpha value is -1.56. The van der Waals surface area contributed by atoms with Gasteiger partial charge in [-0.25, -0.2) is 0 Å². The number of alkyl halides is 3. The fraction of sp³-hybridized carbons (Fsp3) is 0.562. The van der Waals surface area contributed by atoms with E-state index in [-0.39, 0.29) is 6.54 Å². The van der Waals surface area contributed by atoms with Crippen LogP contribution in [0.25, 0.3) is 0 Å². The summed E-state index contributed by atoms with van der Waals surface area (Å²) in [6, 6.07) is 5.44. The first kappa shape index (κ1) is 16.8. The number of piperidine rings is 1. The maximum Gasteiger partial charge on any atom is 0.416 e. The smallest absolute Gasteiger partial charge is 0.416 e. The van der Waals surface area contributed by atoms with Crippen molar-refractivity contribution < 1.29 is 23.1 Å². The van der Waals surface area contributed by atoms with Crippen LogP contribution >= 0.6 is 0 Å². The van der Waals surface area contributed by atoms with E-state index in [2.05, 4.69) is 0 Å². The summed E-state index contributed by atoms with van der Waals surface area (Å²) in [5.74, 6) is -0.485. The lowest BCUT2D eigenvalue weighted by atomic mass is 9.91. The summed E-state index contributed by atoms with van der Waals surface area (Å²) >= 11 is 0. The predicted molar refractivity (Wildman–Crippen MR) is 76.6 cm³/mol. The van der Waals surface area contributed by atoms with Gasteiger partial charge in [0.15, 0.2) is 0 Å². The summed E-state index contributed by atoms with van der Waals surface area (Å²) in [5.41, 5.74) is 0.0753. The number of likely N-dealkylation sites (tertiary alicyclic amines) is 1. The molecule has 1 aliphatic heterocycles. The maximum absolute atomic E-state index is 12.7. The number of halogens is 3. The molecule has 3 nitrogen and oxygen atoms in total. The van der Waals surface area contributed by atoms with Crippen LogP contribution in [0.2, 0.25) is 0 Å². The Morgan fingerprint density at radius 3 is 2.82 bits per heavy atom. The fourth-order valence-electron chi connectivity index (χ4n) is 3.00. The van der Waals surface area contributed by atoms with E-state index in [1.165, 1.54) is 12.1 Å². The number of nitrogens with zero attached hydrogens (tertiary/aromatic N) is 1. The number of carboxylic acid groups (broad SMARTS) is 1. The van der Waals surface area contributed by atoms with Gasteiger partial charge in [0.1, 0.15) is 0 Å². The SMILES string of the molecule is O=C(O)CN1CCC[C@@H](CCc2cccc(C(F)(F)F)c2)C1. The minimum Gasteiger partial charge on any atom is -0.480 e. The molecule has 1 saturated heterocycles. The van der Waals surface area contributed by atoms with Crippen molar-refractivity contribution in [2.24, 2.45) is 5.92 Å². The normalized spacial score (nSPS) is 20.0. The molecule has 1 fully saturated rings. The Morgan fingerprint density at radius 1 is 1.36 bits per heavy atom. The first-order chi connectivity index (χ1) is 10.3. The van der Waals surface area contributed by atoms with Crippen LogP contribution in [0.3, 0.4) is 0 Å². The largest absolute Gasteiger partial charge is 0.480 e. The molecular formula is C16H20F3NO2. The molecule has 2 rings (SSSR count). The van der Waals surface area contributed by atoms with Gasteiger partial charge in [-0.1, -0.05) is 18.2 Å². The third kappa shape index (κ3) is 5.02. The Labute approximate surface area is 127 Å². The van der Waals surface area contributed by atoms with Crippen molar-refractivity contribution in [1.29, 1.82) is 0 Å². The lowest BCUT2D eigenvalue weighted by Gasteiger charge is -2.31. The summed E-state index contributed by atoms with van der Waals surface area (Å²) < 4.78 is 38.0. The van der Waals surface area contributed by atoms with E-state index in [1.54, 1.807) is 6.07 Å². The first-order valence-corrected chi connectivity index (χ1v) is 7.45. The second-order valence-corrected chi connectivity index (χ2v) is 5.87. The van der Waals surface area contributed by atoms with E-state index < -0.39 is 17.7 Å². The summed E-state index contributed by atoms with van der Waals surface area (Å²) in [7, 11) is 0. The van der Waals surface area contributed by atoms with Crippen molar-refractivity contribution in [1.82, 2.24) is 4.90 Å². The molecule has 1 heterocycles. The maximum atomic E-state index is 12.7. The lowest BCUT2D eigenvalue weighted by molar-refractivity contribution is -0.139. The van der Waals surface area contributed by atoms with Crippen LogP contribution in [0.1, 0.15) is 30.4 Å². The van der Waals surface area contributed by atoms with Crippen LogP contribution in [0.5, 0.6) is 0 Å². The highest BCUT2D eigenvalue weighted by atomic mass is 19.4. The minimum absolute atomic E-state index is 0.0417. The molecule has 0 aliphatic carbocycles. The number of aryl methyl sites for hydroxylation is 1. The summed E-state index contributed by atoms with van der Waals surface area (Å²) in [5, 5.41) is 8.82. The molecule has 1 aliphatic rings. The quantitative estimate of drug-likeness (QED) is 0.905. The van der Waals surface area contributed by atoms with Crippen molar-refractivity contribution in [2.45, 2.75) is 31.9 Å². The van der Waals surface area contributed by atoms with E-state index in [0.29, 0.717) is 24.4 Å². The predicted octanol–water partition coefficient (Wildman–Crippen LogP) is 3.43. The number of rotatable bonds is 5. The number of hydrogen-bond donors (Lipinski definition) is 1. The Balaban J connectivity index is 1.88. The molecule has 6 heteroatoms. The van der Waals surface area contributed by atoms with E-state index in [9.17, 15) is 18.0 Å². The molecule has 0 radical (unpaired) electrons. The van der Waals surface area contributed by atoms with Gasteiger partial charge in [0.25, 0.3) is 0 Å². The molecular weight excluding hydrogens is 295 g/mol. The van der Waals surface area contributed by atoms with Gasteiger partial charge in [0.2, 0.25) is 0 Å². The third-order valence-corrected chi connectivity index (χ3v) is 4.06. The first-order valence-electron chi connectivity index (χ1n) is 7.45. The van der Waals surface area contributed by atoms with Crippen molar-refractivity contribution in [3.63, 3.8) is 0 Å². The number of carbonyl (C=O) groups is 1. The molecule has 0 bridgehead atoms. The Morgan fingerprint density at radius 2 is 2.14 bits per heavy atom. The van der Waals surface area contributed by atoms with Crippen LogP contribution in [0, 0.1) is 5.92 Å². The molecule has 0 aromatic heterocycles. The molecule has 0 spiro atoms.